The van der Waals surface area contributed by atoms with E-state index in [0.29, 0.717) is 24.3 Å². The maximum absolute atomic E-state index is 12.9. The second kappa shape index (κ2) is 5.94. The molecule has 0 aliphatic carbocycles. The molecule has 1 N–H and O–H groups in total. The van der Waals surface area contributed by atoms with Crippen LogP contribution in [0.15, 0.2) is 18.2 Å². The Hall–Kier alpha value is -0.960. The molecule has 90 valence electrons. The molecule has 0 saturated heterocycles. The molecule has 0 heterocycles. The lowest BCUT2D eigenvalue weighted by Gasteiger charge is -2.15. The number of aliphatic hydroxyl groups is 1. The molecule has 3 heteroatoms. The lowest BCUT2D eigenvalue weighted by Crippen LogP contribution is -2.14. The summed E-state index contributed by atoms with van der Waals surface area (Å²) < 4.78 is 25.8. The van der Waals surface area contributed by atoms with Crippen LogP contribution in [0.4, 0.5) is 8.78 Å². The average Bonchev–Trinajstić information content (AvgIpc) is 2.15. The molecule has 0 aliphatic heterocycles. The summed E-state index contributed by atoms with van der Waals surface area (Å²) in [6.07, 6.45) is 1.43. The Kier molecular flexibility index (Phi) is 4.87. The van der Waals surface area contributed by atoms with Crippen molar-refractivity contribution >= 4 is 0 Å². The van der Waals surface area contributed by atoms with Crippen molar-refractivity contribution < 1.29 is 13.9 Å². The van der Waals surface area contributed by atoms with Crippen molar-refractivity contribution in [3.63, 3.8) is 0 Å². The summed E-state index contributed by atoms with van der Waals surface area (Å²) in [6, 6.07) is 3.37. The smallest absolute Gasteiger partial charge is 0.126 e. The summed E-state index contributed by atoms with van der Waals surface area (Å²) in [5, 5.41) is 9.74. The van der Waals surface area contributed by atoms with Gasteiger partial charge in [0.05, 0.1) is 6.10 Å². The van der Waals surface area contributed by atoms with Gasteiger partial charge in [-0.25, -0.2) is 8.78 Å². The lowest BCUT2D eigenvalue weighted by molar-refractivity contribution is 0.144. The van der Waals surface area contributed by atoms with E-state index in [1.807, 2.05) is 0 Å². The van der Waals surface area contributed by atoms with Crippen molar-refractivity contribution in [3.05, 3.63) is 35.4 Å². The SMILES string of the molecule is CCC(C)CC(O)Cc1cc(F)cc(F)c1. The Bertz CT molecular complexity index is 318. The van der Waals surface area contributed by atoms with Gasteiger partial charge in [0.25, 0.3) is 0 Å². The van der Waals surface area contributed by atoms with E-state index in [1.54, 1.807) is 0 Å². The summed E-state index contributed by atoms with van der Waals surface area (Å²) in [7, 11) is 0. The minimum atomic E-state index is -0.592. The predicted octanol–water partition coefficient (Wildman–Crippen LogP) is 3.30. The molecule has 1 aromatic rings. The second-order valence-electron chi connectivity index (χ2n) is 4.38. The zero-order valence-electron chi connectivity index (χ0n) is 9.71. The molecule has 0 radical (unpaired) electrons. The fraction of sp³-hybridized carbons (Fsp3) is 0.538. The van der Waals surface area contributed by atoms with E-state index in [4.69, 9.17) is 0 Å². The Balaban J connectivity index is 2.58. The number of hydrogen-bond acceptors (Lipinski definition) is 1. The van der Waals surface area contributed by atoms with Gasteiger partial charge >= 0.3 is 0 Å². The lowest BCUT2D eigenvalue weighted by atomic mass is 9.97. The first-order chi connectivity index (χ1) is 7.51. The van der Waals surface area contributed by atoms with Gasteiger partial charge in [-0.15, -0.1) is 0 Å². The third-order valence-electron chi connectivity index (χ3n) is 2.77. The normalized spacial score (nSPS) is 14.8. The first kappa shape index (κ1) is 13.1. The third kappa shape index (κ3) is 4.27. The van der Waals surface area contributed by atoms with Crippen LogP contribution in [0.1, 0.15) is 32.3 Å². The molecule has 0 aliphatic rings. The molecule has 2 unspecified atom stereocenters. The number of rotatable bonds is 5. The van der Waals surface area contributed by atoms with Gasteiger partial charge in [0.15, 0.2) is 0 Å². The molecular formula is C13H18F2O. The maximum Gasteiger partial charge on any atom is 0.126 e. The van der Waals surface area contributed by atoms with Crippen LogP contribution in [-0.2, 0) is 6.42 Å². The third-order valence-corrected chi connectivity index (χ3v) is 2.77. The predicted molar refractivity (Wildman–Crippen MR) is 60.1 cm³/mol. The van der Waals surface area contributed by atoms with Crippen LogP contribution in [0.5, 0.6) is 0 Å². The number of halogens is 2. The standard InChI is InChI=1S/C13H18F2O/c1-3-9(2)4-13(16)7-10-5-11(14)8-12(15)6-10/h5-6,8-9,13,16H,3-4,7H2,1-2H3. The van der Waals surface area contributed by atoms with E-state index in [2.05, 4.69) is 13.8 Å². The molecule has 1 nitrogen and oxygen atoms in total. The summed E-state index contributed by atoms with van der Waals surface area (Å²) in [5.41, 5.74) is 0.508. The molecule has 0 bridgehead atoms. The van der Waals surface area contributed by atoms with Crippen molar-refractivity contribution in [2.24, 2.45) is 5.92 Å². The van der Waals surface area contributed by atoms with Crippen LogP contribution >= 0.6 is 0 Å². The van der Waals surface area contributed by atoms with Crippen LogP contribution in [0.3, 0.4) is 0 Å². The summed E-state index contributed by atoms with van der Waals surface area (Å²) >= 11 is 0. The van der Waals surface area contributed by atoms with E-state index in [1.165, 1.54) is 12.1 Å². The highest BCUT2D eigenvalue weighted by Gasteiger charge is 2.11. The Morgan fingerprint density at radius 3 is 2.25 bits per heavy atom. The average molecular weight is 228 g/mol. The quantitative estimate of drug-likeness (QED) is 0.819. The molecule has 0 aromatic heterocycles. The van der Waals surface area contributed by atoms with Crippen molar-refractivity contribution in [3.8, 4) is 0 Å². The van der Waals surface area contributed by atoms with E-state index < -0.39 is 17.7 Å². The van der Waals surface area contributed by atoms with Crippen molar-refractivity contribution in [2.75, 3.05) is 0 Å². The minimum Gasteiger partial charge on any atom is -0.393 e. The van der Waals surface area contributed by atoms with Crippen LogP contribution in [0, 0.1) is 17.6 Å². The first-order valence-corrected chi connectivity index (χ1v) is 5.64. The maximum atomic E-state index is 12.9. The summed E-state index contributed by atoms with van der Waals surface area (Å²) in [5.74, 6) is -0.759. The van der Waals surface area contributed by atoms with Gasteiger partial charge in [-0.1, -0.05) is 20.3 Å². The highest BCUT2D eigenvalue weighted by Crippen LogP contribution is 2.15. The zero-order valence-corrected chi connectivity index (χ0v) is 9.71. The number of hydrogen-bond donors (Lipinski definition) is 1. The fourth-order valence-electron chi connectivity index (χ4n) is 1.72. The topological polar surface area (TPSA) is 20.2 Å². The molecule has 1 aromatic carbocycles. The van der Waals surface area contributed by atoms with Gasteiger partial charge in [-0.05, 0) is 36.5 Å². The second-order valence-corrected chi connectivity index (χ2v) is 4.38. The Labute approximate surface area is 95.1 Å². The van der Waals surface area contributed by atoms with Crippen molar-refractivity contribution in [2.45, 2.75) is 39.2 Å². The van der Waals surface area contributed by atoms with Gasteiger partial charge < -0.3 is 5.11 Å². The van der Waals surface area contributed by atoms with Crippen LogP contribution < -0.4 is 0 Å². The van der Waals surface area contributed by atoms with E-state index in [0.717, 1.165) is 12.5 Å². The molecule has 16 heavy (non-hydrogen) atoms. The molecule has 1 rings (SSSR count). The molecule has 0 spiro atoms. The molecule has 0 saturated carbocycles. The van der Waals surface area contributed by atoms with Crippen LogP contribution in [0.2, 0.25) is 0 Å². The van der Waals surface area contributed by atoms with Crippen molar-refractivity contribution in [1.29, 1.82) is 0 Å². The number of benzene rings is 1. The minimum absolute atomic E-state index is 0.305. The molecule has 0 amide bonds. The van der Waals surface area contributed by atoms with Gasteiger partial charge in [0, 0.05) is 6.07 Å². The first-order valence-electron chi connectivity index (χ1n) is 5.64. The van der Waals surface area contributed by atoms with Gasteiger partial charge in [-0.2, -0.15) is 0 Å². The fourth-order valence-corrected chi connectivity index (χ4v) is 1.72. The summed E-state index contributed by atoms with van der Waals surface area (Å²) in [4.78, 5) is 0. The Morgan fingerprint density at radius 1 is 1.19 bits per heavy atom. The Morgan fingerprint density at radius 2 is 1.75 bits per heavy atom. The van der Waals surface area contributed by atoms with E-state index >= 15 is 0 Å². The van der Waals surface area contributed by atoms with Crippen molar-refractivity contribution in [1.82, 2.24) is 0 Å². The van der Waals surface area contributed by atoms with E-state index in [-0.39, 0.29) is 0 Å². The zero-order chi connectivity index (χ0) is 12.1. The van der Waals surface area contributed by atoms with E-state index in [9.17, 15) is 13.9 Å². The van der Waals surface area contributed by atoms with Crippen LogP contribution in [0.25, 0.3) is 0 Å². The van der Waals surface area contributed by atoms with Gasteiger partial charge in [0.1, 0.15) is 11.6 Å². The number of aliphatic hydroxyl groups excluding tert-OH is 1. The molecule has 2 atom stereocenters. The molecule has 0 fully saturated rings. The summed E-state index contributed by atoms with van der Waals surface area (Å²) in [6.45, 7) is 4.11. The monoisotopic (exact) mass is 228 g/mol. The highest BCUT2D eigenvalue weighted by atomic mass is 19.1. The largest absolute Gasteiger partial charge is 0.393 e. The van der Waals surface area contributed by atoms with Crippen LogP contribution in [-0.4, -0.2) is 11.2 Å². The van der Waals surface area contributed by atoms with Gasteiger partial charge in [-0.3, -0.25) is 0 Å². The van der Waals surface area contributed by atoms with Gasteiger partial charge in [0.2, 0.25) is 0 Å². The molecular weight excluding hydrogens is 210 g/mol. The highest BCUT2D eigenvalue weighted by molar-refractivity contribution is 5.18.